The number of nitrogens with zero attached hydrogens (tertiary/aromatic N) is 2. The van der Waals surface area contributed by atoms with Gasteiger partial charge in [-0.3, -0.25) is 9.59 Å². The second kappa shape index (κ2) is 10.2. The largest absolute Gasteiger partial charge is 0.479 e. The lowest BCUT2D eigenvalue weighted by Gasteiger charge is -2.32. The zero-order valence-corrected chi connectivity index (χ0v) is 21.1. The maximum atomic E-state index is 13.4. The van der Waals surface area contributed by atoms with E-state index in [9.17, 15) is 18.0 Å². The Kier molecular flexibility index (Phi) is 7.49. The first-order chi connectivity index (χ1) is 16.1. The van der Waals surface area contributed by atoms with E-state index in [4.69, 9.17) is 4.74 Å². The average molecular weight is 493 g/mol. The third kappa shape index (κ3) is 5.39. The molecule has 10 heteroatoms. The Labute approximate surface area is 202 Å². The molecule has 3 heterocycles. The quantitative estimate of drug-likeness (QED) is 0.629. The Balaban J connectivity index is 1.31. The standard InChI is InChI=1S/C24H36N4O5S/c1-16-4-9-27(10-5-16)13-8-25-24(30)19-6-11-28(12-7-19)34(31,32)22-15-21-20(14-17(22)2)26-23(29)18(3)33-21/h14-16,18-19H,4-13H2,1-3H3,(H,25,30)(H,26,29)/t18-/m0/s1. The van der Waals surface area contributed by atoms with Crippen LogP contribution in [0.4, 0.5) is 5.69 Å². The van der Waals surface area contributed by atoms with Gasteiger partial charge in [-0.05, 0) is 70.2 Å². The molecule has 2 N–H and O–H groups in total. The summed E-state index contributed by atoms with van der Waals surface area (Å²) >= 11 is 0. The average Bonchev–Trinajstić information content (AvgIpc) is 2.81. The molecular formula is C24H36N4O5S. The number of piperidine rings is 2. The van der Waals surface area contributed by atoms with Crippen LogP contribution in [0.1, 0.15) is 45.1 Å². The molecular weight excluding hydrogens is 456 g/mol. The zero-order chi connectivity index (χ0) is 24.5. The zero-order valence-electron chi connectivity index (χ0n) is 20.3. The summed E-state index contributed by atoms with van der Waals surface area (Å²) in [5, 5.41) is 5.79. The second-order valence-electron chi connectivity index (χ2n) is 9.86. The molecule has 0 bridgehead atoms. The minimum atomic E-state index is -3.74. The van der Waals surface area contributed by atoms with Gasteiger partial charge in [0.25, 0.3) is 5.91 Å². The van der Waals surface area contributed by atoms with E-state index in [1.807, 2.05) is 0 Å². The Morgan fingerprint density at radius 1 is 1.12 bits per heavy atom. The number of amides is 2. The van der Waals surface area contributed by atoms with Gasteiger partial charge in [0.05, 0.1) is 10.6 Å². The summed E-state index contributed by atoms with van der Waals surface area (Å²) in [4.78, 5) is 27.1. The number of fused-ring (bicyclic) bond motifs is 1. The van der Waals surface area contributed by atoms with E-state index in [0.29, 0.717) is 49.5 Å². The predicted octanol–water partition coefficient (Wildman–Crippen LogP) is 1.96. The van der Waals surface area contributed by atoms with Gasteiger partial charge in [0.15, 0.2) is 6.10 Å². The number of carbonyl (C=O) groups excluding carboxylic acids is 2. The molecule has 0 aliphatic carbocycles. The maximum absolute atomic E-state index is 13.4. The van der Waals surface area contributed by atoms with Gasteiger partial charge in [0.1, 0.15) is 5.75 Å². The lowest BCUT2D eigenvalue weighted by atomic mass is 9.97. The van der Waals surface area contributed by atoms with Gasteiger partial charge in [-0.2, -0.15) is 4.31 Å². The van der Waals surface area contributed by atoms with Crippen LogP contribution in [-0.4, -0.2) is 74.8 Å². The Morgan fingerprint density at radius 2 is 1.79 bits per heavy atom. The number of anilines is 1. The predicted molar refractivity (Wildman–Crippen MR) is 129 cm³/mol. The molecule has 1 atom stereocenters. The normalized spacial score (nSPS) is 23.1. The van der Waals surface area contributed by atoms with Crippen LogP contribution in [0.25, 0.3) is 0 Å². The van der Waals surface area contributed by atoms with Gasteiger partial charge < -0.3 is 20.3 Å². The summed E-state index contributed by atoms with van der Waals surface area (Å²) < 4.78 is 33.8. The van der Waals surface area contributed by atoms with Crippen LogP contribution < -0.4 is 15.4 Å². The molecule has 4 rings (SSSR count). The number of nitrogens with one attached hydrogen (secondary N) is 2. The minimum Gasteiger partial charge on any atom is -0.479 e. The molecule has 3 aliphatic heterocycles. The molecule has 0 spiro atoms. The van der Waals surface area contributed by atoms with Gasteiger partial charge in [-0.1, -0.05) is 6.92 Å². The Hall–Kier alpha value is -2.17. The number of ether oxygens (including phenoxy) is 1. The summed E-state index contributed by atoms with van der Waals surface area (Å²) in [7, 11) is -3.74. The molecule has 34 heavy (non-hydrogen) atoms. The van der Waals surface area contributed by atoms with Crippen molar-refractivity contribution in [3.05, 3.63) is 17.7 Å². The summed E-state index contributed by atoms with van der Waals surface area (Å²) in [5.74, 6) is 0.735. The molecule has 2 fully saturated rings. The van der Waals surface area contributed by atoms with Gasteiger partial charge in [0.2, 0.25) is 15.9 Å². The van der Waals surface area contributed by atoms with E-state index in [0.717, 1.165) is 25.6 Å². The summed E-state index contributed by atoms with van der Waals surface area (Å²) in [6.45, 7) is 9.89. The number of hydrogen-bond acceptors (Lipinski definition) is 6. The fourth-order valence-corrected chi connectivity index (χ4v) is 6.58. The number of aryl methyl sites for hydroxylation is 1. The van der Waals surface area contributed by atoms with E-state index >= 15 is 0 Å². The van der Waals surface area contributed by atoms with Crippen LogP contribution in [0.2, 0.25) is 0 Å². The highest BCUT2D eigenvalue weighted by atomic mass is 32.2. The van der Waals surface area contributed by atoms with Crippen LogP contribution in [0.15, 0.2) is 17.0 Å². The summed E-state index contributed by atoms with van der Waals surface area (Å²) in [5.41, 5.74) is 1.03. The van der Waals surface area contributed by atoms with E-state index in [1.165, 1.54) is 23.2 Å². The first-order valence-corrected chi connectivity index (χ1v) is 13.7. The summed E-state index contributed by atoms with van der Waals surface area (Å²) in [6, 6.07) is 3.13. The Bertz CT molecular complexity index is 1030. The molecule has 2 amide bonds. The number of rotatable bonds is 6. The van der Waals surface area contributed by atoms with Crippen molar-refractivity contribution in [2.45, 2.75) is 57.5 Å². The molecule has 9 nitrogen and oxygen atoms in total. The fourth-order valence-electron chi connectivity index (χ4n) is 4.89. The van der Waals surface area contributed by atoms with Crippen LogP contribution in [0.3, 0.4) is 0 Å². The number of carbonyl (C=O) groups is 2. The fraction of sp³-hybridized carbons (Fsp3) is 0.667. The number of benzene rings is 1. The molecule has 1 aromatic carbocycles. The first kappa shape index (κ1) is 24.9. The van der Waals surface area contributed by atoms with E-state index in [2.05, 4.69) is 22.5 Å². The molecule has 0 aromatic heterocycles. The van der Waals surface area contributed by atoms with Gasteiger partial charge in [-0.15, -0.1) is 0 Å². The Morgan fingerprint density at radius 3 is 2.47 bits per heavy atom. The summed E-state index contributed by atoms with van der Waals surface area (Å²) in [6.07, 6.45) is 2.74. The SMILES string of the molecule is Cc1cc2c(cc1S(=O)(=O)N1CCC(C(=O)NCCN3CCC(C)CC3)CC1)O[C@@H](C)C(=O)N2. The number of likely N-dealkylation sites (tertiary alicyclic amines) is 1. The minimum absolute atomic E-state index is 0.0190. The van der Waals surface area contributed by atoms with Crippen molar-refractivity contribution >= 4 is 27.5 Å². The van der Waals surface area contributed by atoms with Crippen molar-refractivity contribution in [2.24, 2.45) is 11.8 Å². The van der Waals surface area contributed by atoms with Gasteiger partial charge >= 0.3 is 0 Å². The van der Waals surface area contributed by atoms with Crippen molar-refractivity contribution in [3.8, 4) is 5.75 Å². The molecule has 1 aromatic rings. The van der Waals surface area contributed by atoms with Crippen molar-refractivity contribution in [1.29, 1.82) is 0 Å². The van der Waals surface area contributed by atoms with E-state index in [1.54, 1.807) is 19.9 Å². The molecule has 2 saturated heterocycles. The molecule has 0 radical (unpaired) electrons. The maximum Gasteiger partial charge on any atom is 0.265 e. The highest BCUT2D eigenvalue weighted by molar-refractivity contribution is 7.89. The number of hydrogen-bond donors (Lipinski definition) is 2. The van der Waals surface area contributed by atoms with Crippen LogP contribution in [0, 0.1) is 18.8 Å². The first-order valence-electron chi connectivity index (χ1n) is 12.3. The van der Waals surface area contributed by atoms with Crippen LogP contribution in [0.5, 0.6) is 5.75 Å². The van der Waals surface area contributed by atoms with Crippen LogP contribution >= 0.6 is 0 Å². The molecule has 0 unspecified atom stereocenters. The van der Waals surface area contributed by atoms with Crippen molar-refractivity contribution in [3.63, 3.8) is 0 Å². The van der Waals surface area contributed by atoms with Gasteiger partial charge in [-0.25, -0.2) is 8.42 Å². The molecule has 188 valence electrons. The topological polar surface area (TPSA) is 108 Å². The lowest BCUT2D eigenvalue weighted by Crippen LogP contribution is -2.45. The van der Waals surface area contributed by atoms with Crippen LogP contribution in [-0.2, 0) is 19.6 Å². The van der Waals surface area contributed by atoms with Crippen molar-refractivity contribution < 1.29 is 22.7 Å². The lowest BCUT2D eigenvalue weighted by molar-refractivity contribution is -0.126. The van der Waals surface area contributed by atoms with E-state index < -0.39 is 16.1 Å². The highest BCUT2D eigenvalue weighted by Crippen LogP contribution is 2.36. The van der Waals surface area contributed by atoms with E-state index in [-0.39, 0.29) is 22.6 Å². The van der Waals surface area contributed by atoms with Gasteiger partial charge in [0, 0.05) is 38.2 Å². The highest BCUT2D eigenvalue weighted by Gasteiger charge is 2.34. The smallest absolute Gasteiger partial charge is 0.265 e. The third-order valence-electron chi connectivity index (χ3n) is 7.25. The van der Waals surface area contributed by atoms with Crippen molar-refractivity contribution in [2.75, 3.05) is 44.6 Å². The molecule has 0 saturated carbocycles. The molecule has 3 aliphatic rings. The van der Waals surface area contributed by atoms with Crippen molar-refractivity contribution in [1.82, 2.24) is 14.5 Å². The third-order valence-corrected chi connectivity index (χ3v) is 9.29. The number of sulfonamides is 1. The monoisotopic (exact) mass is 492 g/mol. The second-order valence-corrected chi connectivity index (χ2v) is 11.8.